The van der Waals surface area contributed by atoms with Gasteiger partial charge in [-0.3, -0.25) is 9.59 Å². The molecule has 0 N–H and O–H groups in total. The number of hydrogen-bond donors (Lipinski definition) is 0. The van der Waals surface area contributed by atoms with Crippen LogP contribution >= 0.6 is 0 Å². The van der Waals surface area contributed by atoms with Crippen LogP contribution in [0.4, 0.5) is 0 Å². The summed E-state index contributed by atoms with van der Waals surface area (Å²) in [6.45, 7) is 1.43. The van der Waals surface area contributed by atoms with Crippen molar-refractivity contribution in [1.29, 1.82) is 0 Å². The summed E-state index contributed by atoms with van der Waals surface area (Å²) in [7, 11) is 0. The summed E-state index contributed by atoms with van der Waals surface area (Å²) in [5.74, 6) is -0.230. The van der Waals surface area contributed by atoms with Gasteiger partial charge in [0.25, 0.3) is 0 Å². The SMILES string of the molecule is O=C1C(=O)N(C2CCC2)CCN1Cc1cc(-c2ccccc2)no1. The molecule has 1 aromatic heterocycles. The van der Waals surface area contributed by atoms with Gasteiger partial charge in [0, 0.05) is 30.8 Å². The van der Waals surface area contributed by atoms with E-state index in [1.807, 2.05) is 36.4 Å². The summed E-state index contributed by atoms with van der Waals surface area (Å²) >= 11 is 0. The fourth-order valence-corrected chi connectivity index (χ4v) is 3.21. The van der Waals surface area contributed by atoms with Crippen LogP contribution in [0, 0.1) is 0 Å². The molecule has 6 heteroatoms. The quantitative estimate of drug-likeness (QED) is 0.807. The average molecular weight is 325 g/mol. The molecule has 6 nitrogen and oxygen atoms in total. The molecule has 0 unspecified atom stereocenters. The minimum Gasteiger partial charge on any atom is -0.359 e. The highest BCUT2D eigenvalue weighted by Crippen LogP contribution is 2.27. The lowest BCUT2D eigenvalue weighted by Crippen LogP contribution is -2.58. The van der Waals surface area contributed by atoms with E-state index >= 15 is 0 Å². The number of benzene rings is 1. The Labute approximate surface area is 140 Å². The predicted molar refractivity (Wildman–Crippen MR) is 86.7 cm³/mol. The Morgan fingerprint density at radius 1 is 1.08 bits per heavy atom. The smallest absolute Gasteiger partial charge is 0.312 e. The minimum absolute atomic E-state index is 0.263. The largest absolute Gasteiger partial charge is 0.359 e. The third-order valence-corrected chi connectivity index (χ3v) is 4.83. The first-order chi connectivity index (χ1) is 11.7. The van der Waals surface area contributed by atoms with Crippen LogP contribution in [0.2, 0.25) is 0 Å². The highest BCUT2D eigenvalue weighted by atomic mass is 16.5. The van der Waals surface area contributed by atoms with E-state index in [2.05, 4.69) is 5.16 Å². The van der Waals surface area contributed by atoms with E-state index < -0.39 is 5.91 Å². The number of hydrogen-bond acceptors (Lipinski definition) is 4. The standard InChI is InChI=1S/C18H19N3O3/c22-17-18(23)21(14-7-4-8-14)10-9-20(17)12-15-11-16(19-24-15)13-5-2-1-3-6-13/h1-3,5-6,11,14H,4,7-10,12H2. The number of carbonyl (C=O) groups excluding carboxylic acids is 2. The van der Waals surface area contributed by atoms with Crippen molar-refractivity contribution < 1.29 is 14.1 Å². The number of nitrogens with zero attached hydrogens (tertiary/aromatic N) is 3. The van der Waals surface area contributed by atoms with Gasteiger partial charge in [-0.2, -0.15) is 0 Å². The Morgan fingerprint density at radius 2 is 1.88 bits per heavy atom. The van der Waals surface area contributed by atoms with Crippen LogP contribution in [0.25, 0.3) is 11.3 Å². The second-order valence-corrected chi connectivity index (χ2v) is 6.35. The van der Waals surface area contributed by atoms with Crippen LogP contribution in [-0.2, 0) is 16.1 Å². The van der Waals surface area contributed by atoms with Gasteiger partial charge in [-0.25, -0.2) is 0 Å². The van der Waals surface area contributed by atoms with Crippen molar-refractivity contribution in [2.75, 3.05) is 13.1 Å². The van der Waals surface area contributed by atoms with E-state index in [-0.39, 0.29) is 18.5 Å². The van der Waals surface area contributed by atoms with Crippen molar-refractivity contribution in [2.45, 2.75) is 31.8 Å². The second-order valence-electron chi connectivity index (χ2n) is 6.35. The fraction of sp³-hybridized carbons (Fsp3) is 0.389. The molecular formula is C18H19N3O3. The lowest BCUT2D eigenvalue weighted by atomic mass is 9.91. The number of carbonyl (C=O) groups is 2. The molecule has 2 fully saturated rings. The van der Waals surface area contributed by atoms with Gasteiger partial charge < -0.3 is 14.3 Å². The Kier molecular flexibility index (Phi) is 3.80. The lowest BCUT2D eigenvalue weighted by molar-refractivity contribution is -0.159. The monoisotopic (exact) mass is 325 g/mol. The first-order valence-corrected chi connectivity index (χ1v) is 8.33. The van der Waals surface area contributed by atoms with Gasteiger partial charge in [-0.15, -0.1) is 0 Å². The van der Waals surface area contributed by atoms with Crippen molar-refractivity contribution in [3.63, 3.8) is 0 Å². The number of aromatic nitrogens is 1. The van der Waals surface area contributed by atoms with Crippen molar-refractivity contribution >= 4 is 11.8 Å². The summed E-state index contributed by atoms with van der Waals surface area (Å²) in [5, 5.41) is 4.05. The van der Waals surface area contributed by atoms with Gasteiger partial charge in [-0.1, -0.05) is 35.5 Å². The molecule has 1 saturated carbocycles. The molecule has 1 aliphatic carbocycles. The van der Waals surface area contributed by atoms with Gasteiger partial charge in [0.2, 0.25) is 0 Å². The summed E-state index contributed by atoms with van der Waals surface area (Å²) in [5.41, 5.74) is 1.70. The first-order valence-electron chi connectivity index (χ1n) is 8.33. The minimum atomic E-state index is -0.439. The Balaban J connectivity index is 1.43. The maximum Gasteiger partial charge on any atom is 0.312 e. The van der Waals surface area contributed by atoms with E-state index in [9.17, 15) is 9.59 Å². The van der Waals surface area contributed by atoms with E-state index in [4.69, 9.17) is 4.52 Å². The molecule has 0 atom stereocenters. The third-order valence-electron chi connectivity index (χ3n) is 4.83. The zero-order valence-corrected chi connectivity index (χ0v) is 13.4. The third kappa shape index (κ3) is 2.68. The first kappa shape index (κ1) is 14.9. The molecule has 0 radical (unpaired) electrons. The van der Waals surface area contributed by atoms with Crippen LogP contribution in [0.1, 0.15) is 25.0 Å². The van der Waals surface area contributed by atoms with E-state index in [0.717, 1.165) is 30.5 Å². The molecule has 2 amide bonds. The van der Waals surface area contributed by atoms with Crippen molar-refractivity contribution in [3.8, 4) is 11.3 Å². The average Bonchev–Trinajstić information content (AvgIpc) is 3.02. The van der Waals surface area contributed by atoms with Crippen molar-refractivity contribution in [2.24, 2.45) is 0 Å². The molecule has 4 rings (SSSR count). The van der Waals surface area contributed by atoms with Crippen LogP contribution in [0.5, 0.6) is 0 Å². The van der Waals surface area contributed by atoms with Gasteiger partial charge in [0.1, 0.15) is 5.69 Å². The van der Waals surface area contributed by atoms with E-state index in [0.29, 0.717) is 18.8 Å². The Morgan fingerprint density at radius 3 is 2.58 bits per heavy atom. The summed E-state index contributed by atoms with van der Waals surface area (Å²) in [4.78, 5) is 27.9. The molecule has 1 saturated heterocycles. The molecule has 0 spiro atoms. The van der Waals surface area contributed by atoms with Crippen molar-refractivity contribution in [3.05, 3.63) is 42.2 Å². The van der Waals surface area contributed by atoms with E-state index in [1.165, 1.54) is 0 Å². The molecule has 1 aromatic carbocycles. The maximum atomic E-state index is 12.3. The topological polar surface area (TPSA) is 66.7 Å². The van der Waals surface area contributed by atoms with Gasteiger partial charge in [-0.05, 0) is 19.3 Å². The van der Waals surface area contributed by atoms with Gasteiger partial charge in [0.05, 0.1) is 6.54 Å². The maximum absolute atomic E-state index is 12.3. The van der Waals surface area contributed by atoms with Crippen LogP contribution in [-0.4, -0.2) is 45.9 Å². The molecule has 124 valence electrons. The number of amides is 2. The van der Waals surface area contributed by atoms with Gasteiger partial charge in [0.15, 0.2) is 5.76 Å². The Hall–Kier alpha value is -2.63. The zero-order valence-electron chi connectivity index (χ0n) is 13.4. The second kappa shape index (κ2) is 6.11. The Bertz CT molecular complexity index is 752. The molecule has 0 bridgehead atoms. The fourth-order valence-electron chi connectivity index (χ4n) is 3.21. The molecular weight excluding hydrogens is 306 g/mol. The van der Waals surface area contributed by atoms with Crippen LogP contribution in [0.15, 0.2) is 40.9 Å². The predicted octanol–water partition coefficient (Wildman–Crippen LogP) is 2.06. The molecule has 24 heavy (non-hydrogen) atoms. The van der Waals surface area contributed by atoms with Gasteiger partial charge >= 0.3 is 11.8 Å². The molecule has 2 aliphatic rings. The van der Waals surface area contributed by atoms with Crippen LogP contribution in [0.3, 0.4) is 0 Å². The molecule has 2 heterocycles. The highest BCUT2D eigenvalue weighted by molar-refractivity contribution is 6.35. The van der Waals surface area contributed by atoms with E-state index in [1.54, 1.807) is 9.80 Å². The van der Waals surface area contributed by atoms with Crippen molar-refractivity contribution in [1.82, 2.24) is 15.0 Å². The molecule has 2 aromatic rings. The highest BCUT2D eigenvalue weighted by Gasteiger charge is 2.38. The summed E-state index contributed by atoms with van der Waals surface area (Å²) in [6, 6.07) is 11.8. The number of piperazine rings is 1. The normalized spacial score (nSPS) is 18.8. The summed E-state index contributed by atoms with van der Waals surface area (Å²) < 4.78 is 5.34. The summed E-state index contributed by atoms with van der Waals surface area (Å²) in [6.07, 6.45) is 3.18. The molecule has 1 aliphatic heterocycles. The zero-order chi connectivity index (χ0) is 16.5. The lowest BCUT2D eigenvalue weighted by Gasteiger charge is -2.41. The number of rotatable bonds is 4. The van der Waals surface area contributed by atoms with Crippen LogP contribution < -0.4 is 0 Å².